The minimum absolute atomic E-state index is 0.0000149. The molecule has 4 heteroatoms. The quantitative estimate of drug-likeness (QED) is 0.839. The van der Waals surface area contributed by atoms with Crippen LogP contribution in [0.15, 0.2) is 18.2 Å². The average molecular weight is 258 g/mol. The SMILES string of the molecule is CC(=O)c1ccc(C#N)cc1N(C)CC1CC(O)C1. The standard InChI is InChI=1S/C15H18N2O2/c1-10(18)14-4-3-11(8-16)7-15(14)17(2)9-12-5-13(19)6-12/h3-4,7,12-13,19H,5-6,9H2,1-2H3. The Hall–Kier alpha value is -1.86. The van der Waals surface area contributed by atoms with E-state index >= 15 is 0 Å². The average Bonchev–Trinajstić information content (AvgIpc) is 2.35. The number of rotatable bonds is 4. The topological polar surface area (TPSA) is 64.3 Å². The van der Waals surface area contributed by atoms with Gasteiger partial charge in [-0.05, 0) is 43.9 Å². The van der Waals surface area contributed by atoms with Gasteiger partial charge in [-0.3, -0.25) is 4.79 Å². The number of hydrogen-bond acceptors (Lipinski definition) is 4. The summed E-state index contributed by atoms with van der Waals surface area (Å²) in [5.74, 6) is 0.463. The van der Waals surface area contributed by atoms with E-state index in [-0.39, 0.29) is 11.9 Å². The van der Waals surface area contributed by atoms with E-state index < -0.39 is 0 Å². The first-order chi connectivity index (χ1) is 9.01. The Balaban J connectivity index is 2.21. The molecule has 1 saturated carbocycles. The van der Waals surface area contributed by atoms with Crippen molar-refractivity contribution in [2.75, 3.05) is 18.5 Å². The minimum Gasteiger partial charge on any atom is -0.393 e. The summed E-state index contributed by atoms with van der Waals surface area (Å²) in [7, 11) is 1.92. The van der Waals surface area contributed by atoms with Gasteiger partial charge < -0.3 is 10.0 Å². The van der Waals surface area contributed by atoms with E-state index in [1.807, 2.05) is 11.9 Å². The largest absolute Gasteiger partial charge is 0.393 e. The summed E-state index contributed by atoms with van der Waals surface area (Å²) in [6.45, 7) is 2.33. The van der Waals surface area contributed by atoms with Crippen LogP contribution < -0.4 is 4.90 Å². The molecule has 1 aliphatic rings. The van der Waals surface area contributed by atoms with Gasteiger partial charge in [0.1, 0.15) is 0 Å². The number of Topliss-reactive ketones (excluding diaryl/α,β-unsaturated/α-hetero) is 1. The molecule has 0 heterocycles. The molecule has 0 radical (unpaired) electrons. The lowest BCUT2D eigenvalue weighted by Crippen LogP contribution is -2.37. The third-order valence-electron chi connectivity index (χ3n) is 3.66. The highest BCUT2D eigenvalue weighted by Gasteiger charge is 2.28. The van der Waals surface area contributed by atoms with Crippen LogP contribution in [-0.4, -0.2) is 30.6 Å². The number of ketones is 1. The van der Waals surface area contributed by atoms with Crippen LogP contribution in [-0.2, 0) is 0 Å². The molecular formula is C15H18N2O2. The molecule has 19 heavy (non-hydrogen) atoms. The van der Waals surface area contributed by atoms with E-state index in [1.54, 1.807) is 18.2 Å². The van der Waals surface area contributed by atoms with Crippen LogP contribution in [0.1, 0.15) is 35.7 Å². The summed E-state index contributed by atoms with van der Waals surface area (Å²) >= 11 is 0. The van der Waals surface area contributed by atoms with Crippen LogP contribution in [0.3, 0.4) is 0 Å². The minimum atomic E-state index is -0.170. The fourth-order valence-corrected chi connectivity index (χ4v) is 2.55. The van der Waals surface area contributed by atoms with Crippen LogP contribution in [0.5, 0.6) is 0 Å². The lowest BCUT2D eigenvalue weighted by Gasteiger charge is -2.35. The summed E-state index contributed by atoms with van der Waals surface area (Å²) in [5, 5.41) is 18.3. The first kappa shape index (κ1) is 13.6. The Morgan fingerprint density at radius 2 is 2.21 bits per heavy atom. The zero-order valence-corrected chi connectivity index (χ0v) is 11.3. The Bertz CT molecular complexity index is 527. The molecule has 100 valence electrons. The highest BCUT2D eigenvalue weighted by molar-refractivity contribution is 6.00. The third-order valence-corrected chi connectivity index (χ3v) is 3.66. The van der Waals surface area contributed by atoms with Crippen molar-refractivity contribution >= 4 is 11.5 Å². The van der Waals surface area contributed by atoms with E-state index in [0.29, 0.717) is 17.0 Å². The summed E-state index contributed by atoms with van der Waals surface area (Å²) in [6.07, 6.45) is 1.46. The van der Waals surface area contributed by atoms with E-state index in [4.69, 9.17) is 5.26 Å². The van der Waals surface area contributed by atoms with Crippen LogP contribution in [0.4, 0.5) is 5.69 Å². The van der Waals surface area contributed by atoms with Gasteiger partial charge in [0.05, 0.1) is 17.7 Å². The van der Waals surface area contributed by atoms with Crippen LogP contribution in [0, 0.1) is 17.2 Å². The van der Waals surface area contributed by atoms with Gasteiger partial charge in [0.15, 0.2) is 5.78 Å². The normalized spacial score (nSPS) is 21.4. The zero-order valence-electron chi connectivity index (χ0n) is 11.3. The number of hydrogen-bond donors (Lipinski definition) is 1. The van der Waals surface area contributed by atoms with Gasteiger partial charge in [0, 0.05) is 24.8 Å². The number of aliphatic hydroxyl groups is 1. The van der Waals surface area contributed by atoms with E-state index in [2.05, 4.69) is 6.07 Å². The van der Waals surface area contributed by atoms with Crippen molar-refractivity contribution < 1.29 is 9.90 Å². The molecule has 1 aromatic carbocycles. The van der Waals surface area contributed by atoms with Gasteiger partial charge in [-0.1, -0.05) is 0 Å². The van der Waals surface area contributed by atoms with Crippen molar-refractivity contribution in [1.29, 1.82) is 5.26 Å². The van der Waals surface area contributed by atoms with Crippen LogP contribution in [0.25, 0.3) is 0 Å². The highest BCUT2D eigenvalue weighted by atomic mass is 16.3. The van der Waals surface area contributed by atoms with Gasteiger partial charge in [0.25, 0.3) is 0 Å². The molecule has 2 rings (SSSR count). The Morgan fingerprint density at radius 3 is 2.74 bits per heavy atom. The summed E-state index contributed by atoms with van der Waals surface area (Å²) < 4.78 is 0. The molecule has 0 spiro atoms. The second-order valence-electron chi connectivity index (χ2n) is 5.27. The number of nitrogens with zero attached hydrogens (tertiary/aromatic N) is 2. The monoisotopic (exact) mass is 258 g/mol. The van der Waals surface area contributed by atoms with Gasteiger partial charge in [-0.15, -0.1) is 0 Å². The molecule has 1 aromatic rings. The molecule has 1 N–H and O–H groups in total. The first-order valence-corrected chi connectivity index (χ1v) is 6.45. The van der Waals surface area contributed by atoms with E-state index in [1.165, 1.54) is 6.92 Å². The molecule has 0 aliphatic heterocycles. The molecule has 0 bridgehead atoms. The second-order valence-corrected chi connectivity index (χ2v) is 5.27. The molecule has 1 aliphatic carbocycles. The van der Waals surface area contributed by atoms with Gasteiger partial charge in [-0.25, -0.2) is 0 Å². The number of carbonyl (C=O) groups excluding carboxylic acids is 1. The Labute approximate surface area is 113 Å². The van der Waals surface area contributed by atoms with Crippen molar-refractivity contribution in [2.45, 2.75) is 25.9 Å². The highest BCUT2D eigenvalue weighted by Crippen LogP contribution is 2.30. The third kappa shape index (κ3) is 2.94. The molecule has 0 unspecified atom stereocenters. The maximum atomic E-state index is 11.6. The number of benzene rings is 1. The molecule has 4 nitrogen and oxygen atoms in total. The Kier molecular flexibility index (Phi) is 3.87. The number of aliphatic hydroxyl groups excluding tert-OH is 1. The van der Waals surface area contributed by atoms with Crippen molar-refractivity contribution in [3.8, 4) is 6.07 Å². The molecule has 0 amide bonds. The maximum Gasteiger partial charge on any atom is 0.161 e. The number of nitriles is 1. The summed E-state index contributed by atoms with van der Waals surface area (Å²) in [5.41, 5.74) is 2.00. The van der Waals surface area contributed by atoms with Gasteiger partial charge in [-0.2, -0.15) is 5.26 Å². The molecular weight excluding hydrogens is 240 g/mol. The van der Waals surface area contributed by atoms with Crippen molar-refractivity contribution in [1.82, 2.24) is 0 Å². The van der Waals surface area contributed by atoms with E-state index in [0.717, 1.165) is 25.1 Å². The first-order valence-electron chi connectivity index (χ1n) is 6.45. The predicted octanol–water partition coefficient (Wildman–Crippen LogP) is 1.97. The molecule has 1 fully saturated rings. The van der Waals surface area contributed by atoms with Crippen molar-refractivity contribution in [3.05, 3.63) is 29.3 Å². The van der Waals surface area contributed by atoms with Crippen molar-refractivity contribution in [2.24, 2.45) is 5.92 Å². The summed E-state index contributed by atoms with van der Waals surface area (Å²) in [6, 6.07) is 7.23. The smallest absolute Gasteiger partial charge is 0.161 e. The molecule has 0 atom stereocenters. The summed E-state index contributed by atoms with van der Waals surface area (Å²) in [4.78, 5) is 13.7. The maximum absolute atomic E-state index is 11.6. The molecule has 0 aromatic heterocycles. The van der Waals surface area contributed by atoms with Crippen molar-refractivity contribution in [3.63, 3.8) is 0 Å². The Morgan fingerprint density at radius 1 is 1.53 bits per heavy atom. The fraction of sp³-hybridized carbons (Fsp3) is 0.467. The lowest BCUT2D eigenvalue weighted by molar-refractivity contribution is 0.0464. The fourth-order valence-electron chi connectivity index (χ4n) is 2.55. The zero-order chi connectivity index (χ0) is 14.0. The van der Waals surface area contributed by atoms with Gasteiger partial charge >= 0.3 is 0 Å². The van der Waals surface area contributed by atoms with E-state index in [9.17, 15) is 9.90 Å². The lowest BCUT2D eigenvalue weighted by atomic mass is 9.82. The van der Waals surface area contributed by atoms with Gasteiger partial charge in [0.2, 0.25) is 0 Å². The number of anilines is 1. The second kappa shape index (κ2) is 5.41. The molecule has 0 saturated heterocycles. The van der Waals surface area contributed by atoms with Crippen LogP contribution >= 0.6 is 0 Å². The predicted molar refractivity (Wildman–Crippen MR) is 73.2 cm³/mol. The number of carbonyl (C=O) groups is 1. The van der Waals surface area contributed by atoms with Crippen LogP contribution in [0.2, 0.25) is 0 Å².